The monoisotopic (exact) mass is 496 g/mol. The van der Waals surface area contributed by atoms with Crippen molar-refractivity contribution in [2.45, 2.75) is 41.5 Å². The molecule has 0 N–H and O–H groups in total. The smallest absolute Gasteiger partial charge is 0.128 e. The third-order valence-corrected chi connectivity index (χ3v) is 7.25. The summed E-state index contributed by atoms with van der Waals surface area (Å²) in [7, 11) is 1.73. The zero-order chi connectivity index (χ0) is 26.4. The molecule has 4 aromatic carbocycles. The fraction of sp³-hybridized carbons (Fsp3) is 0.333. The van der Waals surface area contributed by atoms with E-state index in [-0.39, 0.29) is 5.82 Å². The fourth-order valence-electron chi connectivity index (χ4n) is 5.71. The third-order valence-electron chi connectivity index (χ3n) is 7.25. The van der Waals surface area contributed by atoms with Gasteiger partial charge in [-0.3, -0.25) is 0 Å². The summed E-state index contributed by atoms with van der Waals surface area (Å²) in [5, 5.41) is 2.35. The highest BCUT2D eigenvalue weighted by Gasteiger charge is 2.33. The lowest BCUT2D eigenvalue weighted by molar-refractivity contribution is 0.417. The molecular formula is C33H37FN2O. The van der Waals surface area contributed by atoms with E-state index in [0.29, 0.717) is 17.4 Å². The van der Waals surface area contributed by atoms with Crippen LogP contribution in [0.4, 0.5) is 27.1 Å². The molecule has 0 saturated carbocycles. The molecule has 4 heteroatoms. The molecule has 0 fully saturated rings. The second-order valence-electron chi connectivity index (χ2n) is 11.1. The van der Waals surface area contributed by atoms with E-state index < -0.39 is 0 Å². The lowest BCUT2D eigenvalue weighted by atomic mass is 9.93. The molecule has 192 valence electrons. The maximum absolute atomic E-state index is 15.1. The number of hydrogen-bond donors (Lipinski definition) is 0. The summed E-state index contributed by atoms with van der Waals surface area (Å²) < 4.78 is 21.0. The average molecular weight is 497 g/mol. The first-order valence-electron chi connectivity index (χ1n) is 13.3. The molecule has 0 bridgehead atoms. The van der Waals surface area contributed by atoms with Gasteiger partial charge in [-0.25, -0.2) is 4.39 Å². The molecule has 0 amide bonds. The normalized spacial score (nSPS) is 12.9. The highest BCUT2D eigenvalue weighted by Crippen LogP contribution is 2.53. The van der Waals surface area contributed by atoms with Crippen LogP contribution in [0.25, 0.3) is 21.9 Å². The Hall–Kier alpha value is -3.53. The van der Waals surface area contributed by atoms with E-state index >= 15 is 4.39 Å². The predicted octanol–water partition coefficient (Wildman–Crippen LogP) is 9.17. The van der Waals surface area contributed by atoms with E-state index in [0.717, 1.165) is 58.3 Å². The summed E-state index contributed by atoms with van der Waals surface area (Å²) in [5.74, 6) is 1.56. The Kier molecular flexibility index (Phi) is 6.61. The highest BCUT2D eigenvalue weighted by molar-refractivity contribution is 6.03. The predicted molar refractivity (Wildman–Crippen MR) is 155 cm³/mol. The van der Waals surface area contributed by atoms with Crippen LogP contribution in [0.1, 0.15) is 38.8 Å². The molecule has 1 heterocycles. The van der Waals surface area contributed by atoms with Gasteiger partial charge in [-0.05, 0) is 71.8 Å². The number of anilines is 4. The third kappa shape index (κ3) is 4.33. The number of aryl methyl sites for hydroxylation is 1. The van der Waals surface area contributed by atoms with Crippen molar-refractivity contribution in [1.82, 2.24) is 0 Å². The number of benzene rings is 4. The van der Waals surface area contributed by atoms with Gasteiger partial charge in [0.15, 0.2) is 0 Å². The summed E-state index contributed by atoms with van der Waals surface area (Å²) >= 11 is 0. The Morgan fingerprint density at radius 3 is 2.14 bits per heavy atom. The number of ether oxygens (including phenoxy) is 1. The van der Waals surface area contributed by atoms with Gasteiger partial charge >= 0.3 is 0 Å². The molecule has 1 aliphatic rings. The average Bonchev–Trinajstić information content (AvgIpc) is 2.87. The number of methoxy groups -OCH3 is 1. The van der Waals surface area contributed by atoms with Gasteiger partial charge < -0.3 is 14.5 Å². The van der Waals surface area contributed by atoms with Gasteiger partial charge in [0.05, 0.1) is 29.9 Å². The van der Waals surface area contributed by atoms with Crippen molar-refractivity contribution in [1.29, 1.82) is 0 Å². The topological polar surface area (TPSA) is 15.7 Å². The number of rotatable bonds is 6. The second kappa shape index (κ2) is 9.74. The molecular weight excluding hydrogens is 459 g/mol. The quantitative estimate of drug-likeness (QED) is 0.265. The van der Waals surface area contributed by atoms with Crippen molar-refractivity contribution < 1.29 is 9.13 Å². The molecule has 1 aliphatic heterocycles. The van der Waals surface area contributed by atoms with E-state index in [4.69, 9.17) is 4.74 Å². The van der Waals surface area contributed by atoms with Gasteiger partial charge in [-0.1, -0.05) is 64.1 Å². The Bertz CT molecular complexity index is 1470. The van der Waals surface area contributed by atoms with Gasteiger partial charge in [0.25, 0.3) is 0 Å². The van der Waals surface area contributed by atoms with Gasteiger partial charge in [-0.2, -0.15) is 0 Å². The summed E-state index contributed by atoms with van der Waals surface area (Å²) in [6.45, 7) is 14.5. The van der Waals surface area contributed by atoms with E-state index in [1.807, 2.05) is 13.8 Å². The highest BCUT2D eigenvalue weighted by atomic mass is 19.1. The minimum atomic E-state index is -0.143. The van der Waals surface area contributed by atoms with Crippen LogP contribution in [-0.2, 0) is 0 Å². The summed E-state index contributed by atoms with van der Waals surface area (Å²) in [6.07, 6.45) is 0. The van der Waals surface area contributed by atoms with E-state index in [2.05, 4.69) is 92.1 Å². The van der Waals surface area contributed by atoms with Crippen LogP contribution in [0, 0.1) is 31.5 Å². The van der Waals surface area contributed by atoms with Gasteiger partial charge in [0.2, 0.25) is 0 Å². The standard InChI is InChI=1S/C33H37FN2O/c1-20(2)18-35-28-14-12-25(31-26-11-9-8-10-24(26)13-15-30(31)37-7)17-29(28)36(19-21(3)4)32-22(5)16-27(34)23(6)33(32)35/h8-17,20-21H,18-19H2,1-7H3. The van der Waals surface area contributed by atoms with Gasteiger partial charge in [-0.15, -0.1) is 0 Å². The molecule has 3 nitrogen and oxygen atoms in total. The molecule has 5 rings (SSSR count). The first kappa shape index (κ1) is 25.1. The molecule has 0 radical (unpaired) electrons. The van der Waals surface area contributed by atoms with Crippen LogP contribution < -0.4 is 14.5 Å². The lowest BCUT2D eigenvalue weighted by Crippen LogP contribution is -2.35. The summed E-state index contributed by atoms with van der Waals surface area (Å²) in [4.78, 5) is 4.75. The molecule has 37 heavy (non-hydrogen) atoms. The molecule has 0 spiro atoms. The van der Waals surface area contributed by atoms with Gasteiger partial charge in [0, 0.05) is 24.2 Å². The Morgan fingerprint density at radius 1 is 0.784 bits per heavy atom. The van der Waals surface area contributed by atoms with Crippen LogP contribution in [0.5, 0.6) is 5.75 Å². The molecule has 0 atom stereocenters. The molecule has 0 saturated heterocycles. The van der Waals surface area contributed by atoms with E-state index in [1.165, 1.54) is 10.8 Å². The largest absolute Gasteiger partial charge is 0.496 e. The zero-order valence-corrected chi connectivity index (χ0v) is 23.0. The molecule has 0 unspecified atom stereocenters. The Balaban J connectivity index is 1.81. The van der Waals surface area contributed by atoms with E-state index in [1.54, 1.807) is 13.2 Å². The Morgan fingerprint density at radius 2 is 1.46 bits per heavy atom. The van der Waals surface area contributed by atoms with Crippen molar-refractivity contribution in [3.63, 3.8) is 0 Å². The van der Waals surface area contributed by atoms with Crippen molar-refractivity contribution in [2.75, 3.05) is 30.0 Å². The second-order valence-corrected chi connectivity index (χ2v) is 11.1. The molecule has 4 aromatic rings. The SMILES string of the molecule is COc1ccc2ccccc2c1-c1ccc2c(c1)N(CC(C)C)c1c(C)cc(F)c(C)c1N2CC(C)C. The number of halogens is 1. The Labute approximate surface area is 220 Å². The van der Waals surface area contributed by atoms with E-state index in [9.17, 15) is 0 Å². The number of fused-ring (bicyclic) bond motifs is 3. The first-order chi connectivity index (χ1) is 17.7. The summed E-state index contributed by atoms with van der Waals surface area (Å²) in [5.41, 5.74) is 8.28. The van der Waals surface area contributed by atoms with Crippen molar-refractivity contribution in [3.8, 4) is 16.9 Å². The van der Waals surface area contributed by atoms with Crippen molar-refractivity contribution in [2.24, 2.45) is 11.8 Å². The van der Waals surface area contributed by atoms with Crippen LogP contribution in [0.3, 0.4) is 0 Å². The molecule has 0 aliphatic carbocycles. The van der Waals surface area contributed by atoms with Crippen LogP contribution in [0.2, 0.25) is 0 Å². The first-order valence-corrected chi connectivity index (χ1v) is 13.3. The van der Waals surface area contributed by atoms with Gasteiger partial charge in [0.1, 0.15) is 11.6 Å². The van der Waals surface area contributed by atoms with Crippen molar-refractivity contribution >= 4 is 33.5 Å². The lowest BCUT2D eigenvalue weighted by Gasteiger charge is -2.43. The maximum atomic E-state index is 15.1. The fourth-order valence-corrected chi connectivity index (χ4v) is 5.71. The maximum Gasteiger partial charge on any atom is 0.128 e. The zero-order valence-electron chi connectivity index (χ0n) is 23.0. The van der Waals surface area contributed by atoms with Crippen LogP contribution in [-0.4, -0.2) is 20.2 Å². The number of hydrogen-bond acceptors (Lipinski definition) is 3. The molecule has 0 aromatic heterocycles. The minimum absolute atomic E-state index is 0.143. The van der Waals surface area contributed by atoms with Crippen LogP contribution >= 0.6 is 0 Å². The number of nitrogens with zero attached hydrogens (tertiary/aromatic N) is 2. The van der Waals surface area contributed by atoms with Crippen LogP contribution in [0.15, 0.2) is 60.7 Å². The summed E-state index contributed by atoms with van der Waals surface area (Å²) in [6, 6.07) is 21.0. The van der Waals surface area contributed by atoms with Crippen molar-refractivity contribution in [3.05, 3.63) is 77.6 Å². The minimum Gasteiger partial charge on any atom is -0.496 e.